The van der Waals surface area contributed by atoms with Crippen LogP contribution in [0.15, 0.2) is 35.7 Å². The quantitative estimate of drug-likeness (QED) is 0.403. The Bertz CT molecular complexity index is 1310. The molecule has 1 aliphatic heterocycles. The lowest BCUT2D eigenvalue weighted by Crippen LogP contribution is -2.45. The molecule has 1 aromatic heterocycles. The van der Waals surface area contributed by atoms with Crippen LogP contribution in [0.25, 0.3) is 11.3 Å². The molecule has 0 amide bonds. The number of carboxylic acid groups (broad SMARTS) is 1. The minimum Gasteiger partial charge on any atom is -0.488 e. The largest absolute Gasteiger partial charge is 0.488 e. The fourth-order valence-electron chi connectivity index (χ4n) is 5.90. The number of ether oxygens (including phenoxy) is 2. The summed E-state index contributed by atoms with van der Waals surface area (Å²) in [7, 11) is 1.48. The van der Waals surface area contributed by atoms with Gasteiger partial charge in [-0.25, -0.2) is 9.78 Å². The smallest absolute Gasteiger partial charge is 0.335 e. The zero-order valence-corrected chi connectivity index (χ0v) is 22.4. The van der Waals surface area contributed by atoms with E-state index in [1.54, 1.807) is 23.5 Å². The molecular weight excluding hydrogens is 488 g/mol. The molecule has 2 aliphatic rings. The van der Waals surface area contributed by atoms with Gasteiger partial charge in [0, 0.05) is 24.0 Å². The molecule has 194 valence electrons. The van der Waals surface area contributed by atoms with Crippen LogP contribution in [0.5, 0.6) is 5.75 Å². The van der Waals surface area contributed by atoms with E-state index in [4.69, 9.17) is 14.5 Å². The van der Waals surface area contributed by atoms with Crippen molar-refractivity contribution in [1.29, 1.82) is 0 Å². The third-order valence-corrected chi connectivity index (χ3v) is 8.70. The van der Waals surface area contributed by atoms with Gasteiger partial charge in [-0.05, 0) is 86.4 Å². The Morgan fingerprint density at radius 3 is 2.38 bits per heavy atom. The first-order valence-corrected chi connectivity index (χ1v) is 13.5. The number of methoxy groups -OCH3 is 1. The van der Waals surface area contributed by atoms with Gasteiger partial charge in [-0.1, -0.05) is 11.6 Å². The Morgan fingerprint density at radius 2 is 1.76 bits per heavy atom. The maximum atomic E-state index is 12.3. The summed E-state index contributed by atoms with van der Waals surface area (Å²) < 4.78 is 11.4. The summed E-state index contributed by atoms with van der Waals surface area (Å²) in [4.78, 5) is 31.0. The molecule has 1 aliphatic carbocycles. The first-order valence-electron chi connectivity index (χ1n) is 12.6. The Kier molecular flexibility index (Phi) is 6.94. The second kappa shape index (κ2) is 10.2. The van der Waals surface area contributed by atoms with Crippen LogP contribution in [0.3, 0.4) is 0 Å². The van der Waals surface area contributed by atoms with Crippen molar-refractivity contribution in [2.75, 3.05) is 25.1 Å². The highest BCUT2D eigenvalue weighted by Crippen LogP contribution is 2.45. The maximum Gasteiger partial charge on any atom is 0.335 e. The average Bonchev–Trinajstić information content (AvgIpc) is 3.46. The molecule has 2 bridgehead atoms. The van der Waals surface area contributed by atoms with Crippen molar-refractivity contribution < 1.29 is 24.2 Å². The van der Waals surface area contributed by atoms with Crippen LogP contribution in [0, 0.1) is 38.5 Å². The number of anilines is 1. The third kappa shape index (κ3) is 4.94. The molecule has 1 saturated carbocycles. The molecular formula is C29H32N2O5S. The number of fused-ring (bicyclic) bond motifs is 2. The SMILES string of the molecule is COC(=O)C1C2CCC1CN(c1nc(-c3cc(C)ccc3OCc3c(C)cc(C(=O)O)cc3C)cs1)C2. The number of aromatic nitrogens is 1. The molecule has 2 atom stereocenters. The number of hydrogen-bond donors (Lipinski definition) is 1. The van der Waals surface area contributed by atoms with E-state index in [-0.39, 0.29) is 17.5 Å². The van der Waals surface area contributed by atoms with E-state index in [0.29, 0.717) is 18.4 Å². The van der Waals surface area contributed by atoms with E-state index in [1.165, 1.54) is 7.11 Å². The molecule has 2 heterocycles. The summed E-state index contributed by atoms with van der Waals surface area (Å²) in [6.45, 7) is 7.87. The van der Waals surface area contributed by atoms with Gasteiger partial charge in [-0.3, -0.25) is 4.79 Å². The number of carbonyl (C=O) groups is 2. The second-order valence-electron chi connectivity index (χ2n) is 10.2. The standard InChI is InChI=1S/C29H32N2O5S/c1-16-5-8-25(36-14-23-17(2)10-21(27(32)33)11-18(23)3)22(9-16)24-15-37-29(30-24)31-12-19-6-7-20(13-31)26(19)28(34)35-4/h5,8-11,15,19-20,26H,6-7,12-14H2,1-4H3,(H,32,33). The van der Waals surface area contributed by atoms with Crippen molar-refractivity contribution in [1.82, 2.24) is 4.98 Å². The summed E-state index contributed by atoms with van der Waals surface area (Å²) >= 11 is 1.62. The van der Waals surface area contributed by atoms with Gasteiger partial charge in [0.05, 0.1) is 24.3 Å². The summed E-state index contributed by atoms with van der Waals surface area (Å²) in [6, 6.07) is 9.46. The zero-order valence-electron chi connectivity index (χ0n) is 21.6. The van der Waals surface area contributed by atoms with Gasteiger partial charge >= 0.3 is 11.9 Å². The fourth-order valence-corrected chi connectivity index (χ4v) is 6.74. The molecule has 1 saturated heterocycles. The Hall–Kier alpha value is -3.39. The average molecular weight is 521 g/mol. The molecule has 5 rings (SSSR count). The number of benzene rings is 2. The topological polar surface area (TPSA) is 89.0 Å². The van der Waals surface area contributed by atoms with Crippen LogP contribution in [0.4, 0.5) is 5.13 Å². The van der Waals surface area contributed by atoms with E-state index in [1.807, 2.05) is 26.0 Å². The highest BCUT2D eigenvalue weighted by atomic mass is 32.1. The summed E-state index contributed by atoms with van der Waals surface area (Å²) in [5, 5.41) is 12.4. The minimum absolute atomic E-state index is 0.00827. The number of thiazole rings is 1. The third-order valence-electron chi connectivity index (χ3n) is 7.80. The van der Waals surface area contributed by atoms with Gasteiger partial charge in [0.15, 0.2) is 5.13 Å². The van der Waals surface area contributed by atoms with Gasteiger partial charge in [-0.2, -0.15) is 0 Å². The molecule has 3 aromatic rings. The predicted molar refractivity (Wildman–Crippen MR) is 143 cm³/mol. The molecule has 7 nitrogen and oxygen atoms in total. The minimum atomic E-state index is -0.929. The van der Waals surface area contributed by atoms with Gasteiger partial charge in [-0.15, -0.1) is 11.3 Å². The van der Waals surface area contributed by atoms with Gasteiger partial charge in [0.25, 0.3) is 0 Å². The van der Waals surface area contributed by atoms with E-state index >= 15 is 0 Å². The number of aryl methyl sites for hydroxylation is 3. The van der Waals surface area contributed by atoms with Crippen LogP contribution in [-0.4, -0.2) is 42.2 Å². The number of carbonyl (C=O) groups excluding carboxylic acids is 1. The molecule has 2 unspecified atom stereocenters. The Balaban J connectivity index is 1.36. The number of aromatic carboxylic acids is 1. The van der Waals surface area contributed by atoms with Crippen LogP contribution in [-0.2, 0) is 16.1 Å². The van der Waals surface area contributed by atoms with Gasteiger partial charge in [0.2, 0.25) is 0 Å². The summed E-state index contributed by atoms with van der Waals surface area (Å²) in [5.41, 5.74) is 5.99. The van der Waals surface area contributed by atoms with Crippen molar-refractivity contribution in [3.8, 4) is 17.0 Å². The molecule has 37 heavy (non-hydrogen) atoms. The highest BCUT2D eigenvalue weighted by molar-refractivity contribution is 7.14. The lowest BCUT2D eigenvalue weighted by atomic mass is 9.85. The maximum absolute atomic E-state index is 12.3. The van der Waals surface area contributed by atoms with Crippen LogP contribution in [0.2, 0.25) is 0 Å². The van der Waals surface area contributed by atoms with Gasteiger partial charge < -0.3 is 19.5 Å². The number of rotatable bonds is 7. The second-order valence-corrected chi connectivity index (χ2v) is 11.1. The fraction of sp³-hybridized carbons (Fsp3) is 0.414. The van der Waals surface area contributed by atoms with Gasteiger partial charge in [0.1, 0.15) is 12.4 Å². The van der Waals surface area contributed by atoms with Crippen LogP contribution < -0.4 is 9.64 Å². The first kappa shape index (κ1) is 25.3. The van der Waals surface area contributed by atoms with Crippen molar-refractivity contribution >= 4 is 28.4 Å². The Morgan fingerprint density at radius 1 is 1.08 bits per heavy atom. The molecule has 1 N–H and O–H groups in total. The molecule has 2 fully saturated rings. The van der Waals surface area contributed by atoms with Crippen molar-refractivity contribution in [3.63, 3.8) is 0 Å². The predicted octanol–water partition coefficient (Wildman–Crippen LogP) is 5.65. The lowest BCUT2D eigenvalue weighted by Gasteiger charge is -2.36. The number of nitrogens with zero attached hydrogens (tertiary/aromatic N) is 2. The van der Waals surface area contributed by atoms with Crippen LogP contribution >= 0.6 is 11.3 Å². The zero-order chi connectivity index (χ0) is 26.3. The highest BCUT2D eigenvalue weighted by Gasteiger charge is 2.47. The summed E-state index contributed by atoms with van der Waals surface area (Å²) in [5.74, 6) is 0.380. The van der Waals surface area contributed by atoms with E-state index in [0.717, 1.165) is 70.3 Å². The number of hydrogen-bond acceptors (Lipinski definition) is 7. The molecule has 0 spiro atoms. The lowest BCUT2D eigenvalue weighted by molar-refractivity contribution is -0.148. The number of carboxylic acids is 1. The first-order chi connectivity index (χ1) is 17.7. The van der Waals surface area contributed by atoms with E-state index < -0.39 is 5.97 Å². The van der Waals surface area contributed by atoms with E-state index in [2.05, 4.69) is 23.3 Å². The summed E-state index contributed by atoms with van der Waals surface area (Å²) in [6.07, 6.45) is 2.11. The van der Waals surface area contributed by atoms with Crippen molar-refractivity contribution in [3.05, 3.63) is 63.5 Å². The molecule has 8 heteroatoms. The molecule has 0 radical (unpaired) electrons. The van der Waals surface area contributed by atoms with Crippen molar-refractivity contribution in [2.24, 2.45) is 17.8 Å². The number of piperidine rings is 1. The van der Waals surface area contributed by atoms with E-state index in [9.17, 15) is 14.7 Å². The number of esters is 1. The van der Waals surface area contributed by atoms with Crippen LogP contribution in [0.1, 0.15) is 45.5 Å². The molecule has 2 aromatic carbocycles. The van der Waals surface area contributed by atoms with Crippen molar-refractivity contribution in [2.45, 2.75) is 40.2 Å². The Labute approximate surface area is 221 Å². The monoisotopic (exact) mass is 520 g/mol. The normalized spacial score (nSPS) is 20.6.